The molecule has 110 valence electrons. The molecule has 0 atom stereocenters. The van der Waals surface area contributed by atoms with Gasteiger partial charge in [0.2, 0.25) is 11.7 Å². The molecule has 0 spiro atoms. The minimum absolute atomic E-state index is 0.0161. The van der Waals surface area contributed by atoms with Crippen molar-refractivity contribution in [1.82, 2.24) is 20.0 Å². The van der Waals surface area contributed by atoms with Crippen LogP contribution in [0.3, 0.4) is 0 Å². The lowest BCUT2D eigenvalue weighted by molar-refractivity contribution is -0.138. The van der Waals surface area contributed by atoms with Gasteiger partial charge in [-0.2, -0.15) is 4.98 Å². The number of hydrogen-bond donors (Lipinski definition) is 1. The van der Waals surface area contributed by atoms with Gasteiger partial charge in [0, 0.05) is 12.7 Å². The lowest BCUT2D eigenvalue weighted by Crippen LogP contribution is -2.31. The molecular weight excluding hydrogens is 272 g/mol. The molecule has 0 radical (unpaired) electrons. The summed E-state index contributed by atoms with van der Waals surface area (Å²) in [4.78, 5) is 21.2. The maximum absolute atomic E-state index is 10.9. The predicted molar refractivity (Wildman–Crippen MR) is 73.2 cm³/mol. The smallest absolute Gasteiger partial charge is 0.317 e. The van der Waals surface area contributed by atoms with Crippen LogP contribution in [0.1, 0.15) is 18.7 Å². The van der Waals surface area contributed by atoms with Crippen molar-refractivity contribution in [1.29, 1.82) is 0 Å². The van der Waals surface area contributed by atoms with Gasteiger partial charge < -0.3 is 9.63 Å². The molecule has 1 aliphatic rings. The normalized spacial score (nSPS) is 14.5. The van der Waals surface area contributed by atoms with Crippen LogP contribution in [0.5, 0.6) is 0 Å². The van der Waals surface area contributed by atoms with E-state index >= 15 is 0 Å². The molecule has 7 nitrogen and oxygen atoms in total. The highest BCUT2D eigenvalue weighted by molar-refractivity contribution is 5.69. The van der Waals surface area contributed by atoms with Gasteiger partial charge in [-0.25, -0.2) is 0 Å². The van der Waals surface area contributed by atoms with Crippen molar-refractivity contribution in [3.63, 3.8) is 0 Å². The fourth-order valence-electron chi connectivity index (χ4n) is 2.15. The van der Waals surface area contributed by atoms with Crippen molar-refractivity contribution >= 4 is 5.97 Å². The molecule has 1 fully saturated rings. The van der Waals surface area contributed by atoms with Gasteiger partial charge in [-0.1, -0.05) is 11.2 Å². The van der Waals surface area contributed by atoms with Crippen LogP contribution in [0.25, 0.3) is 11.5 Å². The monoisotopic (exact) mass is 288 g/mol. The van der Waals surface area contributed by atoms with Crippen LogP contribution in [0.15, 0.2) is 28.9 Å². The number of carbonyl (C=O) groups is 1. The summed E-state index contributed by atoms with van der Waals surface area (Å²) in [5.74, 6) is 0.590. The Morgan fingerprint density at radius 3 is 2.95 bits per heavy atom. The molecule has 0 bridgehead atoms. The van der Waals surface area contributed by atoms with E-state index in [1.807, 2.05) is 17.0 Å². The molecule has 1 saturated carbocycles. The van der Waals surface area contributed by atoms with Crippen LogP contribution in [0, 0.1) is 5.92 Å². The summed E-state index contributed by atoms with van der Waals surface area (Å²) >= 11 is 0. The highest BCUT2D eigenvalue weighted by Gasteiger charge is 2.26. The highest BCUT2D eigenvalue weighted by Crippen LogP contribution is 2.30. The average Bonchev–Trinajstić information content (AvgIpc) is 3.15. The standard InChI is InChI=1S/C14H16N4O3/c19-13(20)9-18(7-10-4-5-10)8-12-16-14(17-21-12)11-3-1-2-6-15-11/h1-3,6,10H,4-5,7-9H2,(H,19,20). The van der Waals surface area contributed by atoms with Gasteiger partial charge in [-0.15, -0.1) is 0 Å². The fourth-order valence-corrected chi connectivity index (χ4v) is 2.15. The molecule has 0 aromatic carbocycles. The van der Waals surface area contributed by atoms with E-state index in [1.165, 1.54) is 12.8 Å². The van der Waals surface area contributed by atoms with Gasteiger partial charge in [0.1, 0.15) is 5.69 Å². The topological polar surface area (TPSA) is 92.3 Å². The molecule has 0 amide bonds. The lowest BCUT2D eigenvalue weighted by atomic mass is 10.3. The highest BCUT2D eigenvalue weighted by atomic mass is 16.5. The number of aliphatic carboxylic acids is 1. The van der Waals surface area contributed by atoms with Gasteiger partial charge in [-0.3, -0.25) is 14.7 Å². The fraction of sp³-hybridized carbons (Fsp3) is 0.429. The second kappa shape index (κ2) is 6.01. The zero-order valence-corrected chi connectivity index (χ0v) is 11.5. The summed E-state index contributed by atoms with van der Waals surface area (Å²) in [5, 5.41) is 12.9. The number of aromatic nitrogens is 3. The Morgan fingerprint density at radius 1 is 1.43 bits per heavy atom. The summed E-state index contributed by atoms with van der Waals surface area (Å²) < 4.78 is 5.20. The number of carboxylic acid groups (broad SMARTS) is 1. The molecule has 1 aliphatic carbocycles. The van der Waals surface area contributed by atoms with Crippen LogP contribution in [0.2, 0.25) is 0 Å². The Morgan fingerprint density at radius 2 is 2.29 bits per heavy atom. The summed E-state index contributed by atoms with van der Waals surface area (Å²) in [6.07, 6.45) is 3.99. The summed E-state index contributed by atoms with van der Waals surface area (Å²) in [7, 11) is 0. The SMILES string of the molecule is O=C(O)CN(Cc1nc(-c2ccccn2)no1)CC1CC1. The lowest BCUT2D eigenvalue weighted by Gasteiger charge is -2.17. The molecule has 2 heterocycles. The third-order valence-electron chi connectivity index (χ3n) is 3.29. The maximum atomic E-state index is 10.9. The average molecular weight is 288 g/mol. The molecule has 2 aromatic heterocycles. The molecule has 0 unspecified atom stereocenters. The van der Waals surface area contributed by atoms with Crippen LogP contribution in [-0.4, -0.2) is 44.2 Å². The van der Waals surface area contributed by atoms with Crippen molar-refractivity contribution in [2.75, 3.05) is 13.1 Å². The van der Waals surface area contributed by atoms with E-state index in [-0.39, 0.29) is 6.54 Å². The number of carboxylic acids is 1. The van der Waals surface area contributed by atoms with Gasteiger partial charge in [0.15, 0.2) is 0 Å². The van der Waals surface area contributed by atoms with Crippen molar-refractivity contribution in [2.24, 2.45) is 5.92 Å². The van der Waals surface area contributed by atoms with Gasteiger partial charge in [0.25, 0.3) is 0 Å². The third kappa shape index (κ3) is 3.85. The van der Waals surface area contributed by atoms with Crippen molar-refractivity contribution in [3.8, 4) is 11.5 Å². The van der Waals surface area contributed by atoms with Crippen molar-refractivity contribution in [2.45, 2.75) is 19.4 Å². The Balaban J connectivity index is 1.68. The maximum Gasteiger partial charge on any atom is 0.317 e. The number of pyridine rings is 1. The third-order valence-corrected chi connectivity index (χ3v) is 3.29. The zero-order valence-electron chi connectivity index (χ0n) is 11.5. The van der Waals surface area contributed by atoms with Gasteiger partial charge in [-0.05, 0) is 30.9 Å². The molecule has 21 heavy (non-hydrogen) atoms. The quantitative estimate of drug-likeness (QED) is 0.823. The van der Waals surface area contributed by atoms with Gasteiger partial charge in [0.05, 0.1) is 13.1 Å². The number of nitrogens with zero attached hydrogens (tertiary/aromatic N) is 4. The summed E-state index contributed by atoms with van der Waals surface area (Å²) in [6.45, 7) is 1.09. The number of rotatable bonds is 7. The first-order chi connectivity index (χ1) is 10.2. The van der Waals surface area contributed by atoms with Crippen molar-refractivity contribution in [3.05, 3.63) is 30.3 Å². The van der Waals surface area contributed by atoms with Crippen LogP contribution in [-0.2, 0) is 11.3 Å². The summed E-state index contributed by atoms with van der Waals surface area (Å²) in [6, 6.07) is 5.46. The molecule has 2 aromatic rings. The van der Waals surface area contributed by atoms with E-state index in [1.54, 1.807) is 12.3 Å². The Labute approximate surface area is 121 Å². The first kappa shape index (κ1) is 13.7. The molecule has 1 N–H and O–H groups in total. The largest absolute Gasteiger partial charge is 0.480 e. The van der Waals surface area contributed by atoms with E-state index in [0.29, 0.717) is 29.9 Å². The first-order valence-corrected chi connectivity index (χ1v) is 6.89. The molecule has 3 rings (SSSR count). The van der Waals surface area contributed by atoms with E-state index in [4.69, 9.17) is 9.63 Å². The minimum Gasteiger partial charge on any atom is -0.480 e. The summed E-state index contributed by atoms with van der Waals surface area (Å²) in [5.41, 5.74) is 0.638. The second-order valence-electron chi connectivity index (χ2n) is 5.23. The van der Waals surface area contributed by atoms with Crippen LogP contribution in [0.4, 0.5) is 0 Å². The molecule has 7 heteroatoms. The molecule has 0 saturated heterocycles. The molecular formula is C14H16N4O3. The Bertz CT molecular complexity index is 610. The van der Waals surface area contributed by atoms with E-state index in [2.05, 4.69) is 15.1 Å². The first-order valence-electron chi connectivity index (χ1n) is 6.89. The molecule has 0 aliphatic heterocycles. The van der Waals surface area contributed by atoms with E-state index in [0.717, 1.165) is 6.54 Å². The zero-order chi connectivity index (χ0) is 14.7. The van der Waals surface area contributed by atoms with E-state index < -0.39 is 5.97 Å². The Kier molecular flexibility index (Phi) is 3.92. The Hall–Kier alpha value is -2.28. The van der Waals surface area contributed by atoms with Crippen molar-refractivity contribution < 1.29 is 14.4 Å². The van der Waals surface area contributed by atoms with Crippen LogP contribution < -0.4 is 0 Å². The minimum atomic E-state index is -0.847. The number of hydrogen-bond acceptors (Lipinski definition) is 6. The van der Waals surface area contributed by atoms with E-state index in [9.17, 15) is 4.79 Å². The second-order valence-corrected chi connectivity index (χ2v) is 5.23. The van der Waals surface area contributed by atoms with Crippen LogP contribution >= 0.6 is 0 Å². The van der Waals surface area contributed by atoms with Gasteiger partial charge >= 0.3 is 5.97 Å². The predicted octanol–water partition coefficient (Wildman–Crippen LogP) is 1.43.